The van der Waals surface area contributed by atoms with Gasteiger partial charge in [0.1, 0.15) is 5.82 Å². The van der Waals surface area contributed by atoms with Gasteiger partial charge in [-0.25, -0.2) is 13.2 Å². The number of benzene rings is 1. The quantitative estimate of drug-likeness (QED) is 0.782. The Kier molecular flexibility index (Phi) is 4.57. The molecule has 0 aliphatic heterocycles. The minimum absolute atomic E-state index is 0.0655. The molecule has 0 unspecified atom stereocenters. The number of aliphatic carboxylic acids is 1. The van der Waals surface area contributed by atoms with Crippen LogP contribution in [0.15, 0.2) is 16.6 Å². The van der Waals surface area contributed by atoms with Crippen LogP contribution in [0.1, 0.15) is 25.8 Å². The fourth-order valence-corrected chi connectivity index (χ4v) is 2.01. The van der Waals surface area contributed by atoms with E-state index in [9.17, 15) is 18.0 Å². The van der Waals surface area contributed by atoms with Crippen LogP contribution in [0.4, 0.5) is 13.2 Å². The van der Waals surface area contributed by atoms with E-state index < -0.39 is 35.1 Å². The van der Waals surface area contributed by atoms with Crippen molar-refractivity contribution in [3.8, 4) is 0 Å². The van der Waals surface area contributed by atoms with E-state index in [1.54, 1.807) is 0 Å². The fourth-order valence-electron chi connectivity index (χ4n) is 1.53. The van der Waals surface area contributed by atoms with Crippen LogP contribution in [0.2, 0.25) is 5.02 Å². The van der Waals surface area contributed by atoms with Gasteiger partial charge in [0.2, 0.25) is 0 Å². The molecule has 1 aromatic rings. The minimum atomic E-state index is -3.63. The monoisotopic (exact) mass is 358 g/mol. The van der Waals surface area contributed by atoms with E-state index in [0.717, 1.165) is 26.0 Å². The van der Waals surface area contributed by atoms with E-state index in [1.165, 1.54) is 0 Å². The molecule has 0 saturated carbocycles. The number of carboxylic acid groups (broad SMARTS) is 1. The molecule has 0 radical (unpaired) electrons. The molecule has 19 heavy (non-hydrogen) atoms. The van der Waals surface area contributed by atoms with Gasteiger partial charge in [0.25, 0.3) is 5.92 Å². The van der Waals surface area contributed by atoms with Crippen LogP contribution >= 0.6 is 27.5 Å². The van der Waals surface area contributed by atoms with Crippen LogP contribution in [0, 0.1) is 11.2 Å². The highest BCUT2D eigenvalue weighted by Gasteiger charge is 2.44. The summed E-state index contributed by atoms with van der Waals surface area (Å²) in [5, 5.41) is 8.79. The molecule has 0 fully saturated rings. The van der Waals surface area contributed by atoms with Crippen molar-refractivity contribution in [2.24, 2.45) is 5.41 Å². The highest BCUT2D eigenvalue weighted by molar-refractivity contribution is 9.10. The molecule has 0 aromatic heterocycles. The number of hydrogen-bond acceptors (Lipinski definition) is 1. The number of alkyl halides is 2. The Morgan fingerprint density at radius 2 is 1.95 bits per heavy atom. The molecular formula is C12H11BrClF3O2. The Labute approximate surface area is 121 Å². The molecule has 0 amide bonds. The molecule has 0 aliphatic carbocycles. The standard InChI is InChI=1S/C12H11BrClF3O2/c1-11(2,10(18)19)5-12(16,17)6-3-8(14)7(13)4-9(6)15/h3-4H,5H2,1-2H3,(H,18,19). The minimum Gasteiger partial charge on any atom is -0.481 e. The SMILES string of the molecule is CC(C)(CC(F)(F)c1cc(Cl)c(Br)cc1F)C(=O)O. The van der Waals surface area contributed by atoms with Crippen LogP contribution in [-0.2, 0) is 10.7 Å². The second-order valence-electron chi connectivity index (χ2n) is 4.82. The topological polar surface area (TPSA) is 37.3 Å². The number of halogens is 5. The maximum atomic E-state index is 14.0. The molecular weight excluding hydrogens is 348 g/mol. The summed E-state index contributed by atoms with van der Waals surface area (Å²) in [5.74, 6) is -6.14. The molecule has 2 nitrogen and oxygen atoms in total. The van der Waals surface area contributed by atoms with Gasteiger partial charge in [0, 0.05) is 10.9 Å². The van der Waals surface area contributed by atoms with Gasteiger partial charge >= 0.3 is 5.97 Å². The van der Waals surface area contributed by atoms with Gasteiger partial charge in [-0.3, -0.25) is 4.79 Å². The Morgan fingerprint density at radius 1 is 1.42 bits per heavy atom. The van der Waals surface area contributed by atoms with Gasteiger partial charge in [-0.1, -0.05) is 11.6 Å². The maximum absolute atomic E-state index is 14.0. The van der Waals surface area contributed by atoms with Gasteiger partial charge in [0.15, 0.2) is 0 Å². The van der Waals surface area contributed by atoms with Crippen molar-refractivity contribution in [2.45, 2.75) is 26.2 Å². The molecule has 0 spiro atoms. The summed E-state index contributed by atoms with van der Waals surface area (Å²) in [6.45, 7) is 2.31. The van der Waals surface area contributed by atoms with Crippen molar-refractivity contribution in [1.29, 1.82) is 0 Å². The molecule has 7 heteroatoms. The second kappa shape index (κ2) is 5.32. The number of carbonyl (C=O) groups is 1. The van der Waals surface area contributed by atoms with Crippen molar-refractivity contribution in [1.82, 2.24) is 0 Å². The average molecular weight is 360 g/mol. The fraction of sp³-hybridized carbons (Fsp3) is 0.417. The van der Waals surface area contributed by atoms with Crippen molar-refractivity contribution in [3.05, 3.63) is 33.0 Å². The summed E-state index contributed by atoms with van der Waals surface area (Å²) in [7, 11) is 0. The summed E-state index contributed by atoms with van der Waals surface area (Å²) in [4.78, 5) is 10.9. The Bertz CT molecular complexity index is 518. The summed E-state index contributed by atoms with van der Waals surface area (Å²) >= 11 is 8.58. The van der Waals surface area contributed by atoms with E-state index in [-0.39, 0.29) is 9.50 Å². The largest absolute Gasteiger partial charge is 0.481 e. The molecule has 0 aliphatic rings. The Morgan fingerprint density at radius 3 is 2.42 bits per heavy atom. The smallest absolute Gasteiger partial charge is 0.309 e. The van der Waals surface area contributed by atoms with Crippen molar-refractivity contribution < 1.29 is 23.1 Å². The third-order valence-electron chi connectivity index (χ3n) is 2.65. The molecule has 0 heterocycles. The lowest BCUT2D eigenvalue weighted by Crippen LogP contribution is -2.31. The zero-order chi connectivity index (χ0) is 15.0. The molecule has 1 rings (SSSR count). The molecule has 1 aromatic carbocycles. The van der Waals surface area contributed by atoms with Crippen LogP contribution < -0.4 is 0 Å². The van der Waals surface area contributed by atoms with E-state index in [2.05, 4.69) is 15.9 Å². The maximum Gasteiger partial charge on any atom is 0.309 e. The third-order valence-corrected chi connectivity index (χ3v) is 3.84. The third kappa shape index (κ3) is 3.63. The highest BCUT2D eigenvalue weighted by Crippen LogP contribution is 2.42. The molecule has 106 valence electrons. The number of rotatable bonds is 4. The van der Waals surface area contributed by atoms with E-state index in [1.807, 2.05) is 0 Å². The lowest BCUT2D eigenvalue weighted by atomic mass is 9.84. The normalized spacial score (nSPS) is 12.6. The van der Waals surface area contributed by atoms with Crippen molar-refractivity contribution in [2.75, 3.05) is 0 Å². The van der Waals surface area contributed by atoms with Crippen LogP contribution in [0.3, 0.4) is 0 Å². The first kappa shape index (κ1) is 16.3. The zero-order valence-corrected chi connectivity index (χ0v) is 12.4. The van der Waals surface area contributed by atoms with Gasteiger partial charge in [-0.2, -0.15) is 0 Å². The van der Waals surface area contributed by atoms with E-state index >= 15 is 0 Å². The first-order valence-corrected chi connectivity index (χ1v) is 6.41. The molecule has 0 atom stereocenters. The first-order chi connectivity index (χ1) is 8.47. The summed E-state index contributed by atoms with van der Waals surface area (Å²) in [5.41, 5.74) is -2.59. The molecule has 1 N–H and O–H groups in total. The first-order valence-electron chi connectivity index (χ1n) is 5.23. The van der Waals surface area contributed by atoms with Crippen LogP contribution in [-0.4, -0.2) is 11.1 Å². The van der Waals surface area contributed by atoms with Crippen LogP contribution in [0.5, 0.6) is 0 Å². The van der Waals surface area contributed by atoms with Crippen LogP contribution in [0.25, 0.3) is 0 Å². The van der Waals surface area contributed by atoms with Gasteiger partial charge in [0.05, 0.1) is 16.0 Å². The van der Waals surface area contributed by atoms with Gasteiger partial charge < -0.3 is 5.11 Å². The highest BCUT2D eigenvalue weighted by atomic mass is 79.9. The second-order valence-corrected chi connectivity index (χ2v) is 6.08. The molecule has 0 bridgehead atoms. The lowest BCUT2D eigenvalue weighted by molar-refractivity contribution is -0.153. The molecule has 0 saturated heterocycles. The number of carboxylic acids is 1. The average Bonchev–Trinajstić information content (AvgIpc) is 2.21. The summed E-state index contributed by atoms with van der Waals surface area (Å²) < 4.78 is 41.8. The lowest BCUT2D eigenvalue weighted by Gasteiger charge is -2.26. The summed E-state index contributed by atoms with van der Waals surface area (Å²) in [6, 6.07) is 1.64. The van der Waals surface area contributed by atoms with Gasteiger partial charge in [-0.05, 0) is 41.9 Å². The van der Waals surface area contributed by atoms with E-state index in [0.29, 0.717) is 0 Å². The zero-order valence-electron chi connectivity index (χ0n) is 10.1. The predicted octanol–water partition coefficient (Wildman–Crippen LogP) is 4.83. The van der Waals surface area contributed by atoms with Crippen molar-refractivity contribution >= 4 is 33.5 Å². The predicted molar refractivity (Wildman–Crippen MR) is 69.0 cm³/mol. The Balaban J connectivity index is 3.21. The van der Waals surface area contributed by atoms with E-state index in [4.69, 9.17) is 16.7 Å². The van der Waals surface area contributed by atoms with Crippen molar-refractivity contribution in [3.63, 3.8) is 0 Å². The summed E-state index contributed by atoms with van der Waals surface area (Å²) in [6.07, 6.45) is -1.02. The van der Waals surface area contributed by atoms with Gasteiger partial charge in [-0.15, -0.1) is 0 Å². The Hall–Kier alpha value is -0.750. The number of hydrogen-bond donors (Lipinski definition) is 1.